The Morgan fingerprint density at radius 2 is 0.470 bits per heavy atom. The van der Waals surface area contributed by atoms with Gasteiger partial charge in [-0.05, 0) is 135 Å². The third-order valence-corrected chi connectivity index (χ3v) is 14.6. The molecule has 1 unspecified atom stereocenters. The van der Waals surface area contributed by atoms with Crippen molar-refractivity contribution in [1.29, 1.82) is 0 Å². The van der Waals surface area contributed by atoms with Crippen molar-refractivity contribution in [2.75, 3.05) is 13.2 Å². The summed E-state index contributed by atoms with van der Waals surface area (Å²) in [6.07, 6.45) is 99.0. The normalized spacial score (nSPS) is 13.0. The lowest BCUT2D eigenvalue weighted by Crippen LogP contribution is -2.30. The molecule has 1 atom stereocenters. The van der Waals surface area contributed by atoms with Crippen LogP contribution in [0.3, 0.4) is 0 Å². The molecule has 0 aliphatic carbocycles. The van der Waals surface area contributed by atoms with Gasteiger partial charge >= 0.3 is 17.9 Å². The van der Waals surface area contributed by atoms with Gasteiger partial charge in [0.15, 0.2) is 6.10 Å². The fourth-order valence-corrected chi connectivity index (χ4v) is 9.49. The van der Waals surface area contributed by atoms with Crippen molar-refractivity contribution in [1.82, 2.24) is 0 Å². The summed E-state index contributed by atoms with van der Waals surface area (Å²) in [5.41, 5.74) is 0. The van der Waals surface area contributed by atoms with Gasteiger partial charge in [0.2, 0.25) is 0 Å². The largest absolute Gasteiger partial charge is 0.462 e. The number of esters is 3. The number of ether oxygens (including phenoxy) is 3. The SMILES string of the molecule is CC/C=C\C/C=C\C/C=C\C/C=C\C/C=C\CCCCCC(=O)OC(COC(=O)CCCCCCCCC/C=C\C/C=C\C/C=C\CC)COC(=O)CCCCCCCCCCCCCCCC/C=C\C/C=C\C/C=C\CCCCCCC. The molecule has 0 aliphatic rings. The van der Waals surface area contributed by atoms with Crippen LogP contribution in [0.1, 0.15) is 316 Å². The maximum atomic E-state index is 12.9. The molecule has 0 heterocycles. The van der Waals surface area contributed by atoms with E-state index in [2.05, 4.69) is 154 Å². The second-order valence-electron chi connectivity index (χ2n) is 22.7. The van der Waals surface area contributed by atoms with Crippen molar-refractivity contribution in [2.24, 2.45) is 0 Å². The van der Waals surface area contributed by atoms with Gasteiger partial charge in [-0.2, -0.15) is 0 Å². The molecule has 0 bridgehead atoms. The van der Waals surface area contributed by atoms with E-state index in [0.717, 1.165) is 135 Å². The molecule has 0 rings (SSSR count). The number of carbonyl (C=O) groups is 3. The first-order valence-electron chi connectivity index (χ1n) is 34.7. The van der Waals surface area contributed by atoms with Gasteiger partial charge in [0.25, 0.3) is 0 Å². The molecule has 0 spiro atoms. The average Bonchev–Trinajstić information content (AvgIpc) is 3.49. The summed E-state index contributed by atoms with van der Waals surface area (Å²) in [5.74, 6) is -0.934. The van der Waals surface area contributed by atoms with Gasteiger partial charge in [0.05, 0.1) is 0 Å². The van der Waals surface area contributed by atoms with E-state index in [9.17, 15) is 14.4 Å². The second-order valence-corrected chi connectivity index (χ2v) is 22.7. The second kappa shape index (κ2) is 70.0. The topological polar surface area (TPSA) is 78.9 Å². The highest BCUT2D eigenvalue weighted by atomic mass is 16.6. The Bertz CT molecular complexity index is 1750. The van der Waals surface area contributed by atoms with Gasteiger partial charge in [0, 0.05) is 19.3 Å². The Morgan fingerprint density at radius 3 is 0.747 bits per heavy atom. The molecule has 0 aliphatic heterocycles. The van der Waals surface area contributed by atoms with E-state index in [1.165, 1.54) is 141 Å². The Kier molecular flexibility index (Phi) is 66.3. The molecule has 0 saturated heterocycles. The molecular formula is C77H128O6. The molecule has 0 aromatic rings. The van der Waals surface area contributed by atoms with E-state index in [0.29, 0.717) is 12.8 Å². The van der Waals surface area contributed by atoms with Gasteiger partial charge in [-0.1, -0.05) is 296 Å². The third-order valence-electron chi connectivity index (χ3n) is 14.6. The average molecular weight is 1150 g/mol. The standard InChI is InChI=1S/C77H128O6/c1-4-7-10-13-16-19-22-25-28-31-33-34-35-36-37-38-39-40-41-42-44-46-49-52-55-58-61-64-67-70-76(79)82-73-74(72-81-75(78)69-66-63-60-57-54-51-48-45-30-27-24-21-18-15-12-9-6-3)83-77(80)71-68-65-62-59-56-53-50-47-43-32-29-26-23-20-17-14-11-8-5-2/h8-9,11-12,17-18,20-22,25-27,29-31,33,35-36,43,47,53,56,74H,4-7,10,13-16,19,23-24,28,32,34,37-42,44-46,48-52,54-55,57-73H2,1-3H3/b11-8-,12-9-,20-17-,21-18-,25-22-,29-26-,30-27-,33-31-,36-35-,47-43-,56-53-. The fraction of sp³-hybridized carbons (Fsp3) is 0.675. The van der Waals surface area contributed by atoms with Crippen LogP contribution in [0.5, 0.6) is 0 Å². The predicted octanol–water partition coefficient (Wildman–Crippen LogP) is 24.1. The van der Waals surface area contributed by atoms with Gasteiger partial charge in [0.1, 0.15) is 13.2 Å². The Balaban J connectivity index is 4.37. The zero-order valence-corrected chi connectivity index (χ0v) is 54.2. The van der Waals surface area contributed by atoms with Crippen LogP contribution in [0, 0.1) is 0 Å². The first-order chi connectivity index (χ1) is 41.0. The van der Waals surface area contributed by atoms with Crippen molar-refractivity contribution in [2.45, 2.75) is 322 Å². The number of unbranched alkanes of at least 4 members (excludes halogenated alkanes) is 29. The van der Waals surface area contributed by atoms with E-state index in [4.69, 9.17) is 14.2 Å². The molecule has 0 fully saturated rings. The summed E-state index contributed by atoms with van der Waals surface area (Å²) >= 11 is 0. The Labute approximate surface area is 513 Å². The van der Waals surface area contributed by atoms with Crippen molar-refractivity contribution < 1.29 is 28.6 Å². The highest BCUT2D eigenvalue weighted by Gasteiger charge is 2.19. The van der Waals surface area contributed by atoms with Crippen molar-refractivity contribution in [3.8, 4) is 0 Å². The summed E-state index contributed by atoms with van der Waals surface area (Å²) in [6.45, 7) is 6.39. The molecule has 83 heavy (non-hydrogen) atoms. The van der Waals surface area contributed by atoms with E-state index in [1.807, 2.05) is 0 Å². The van der Waals surface area contributed by atoms with E-state index >= 15 is 0 Å². The zero-order chi connectivity index (χ0) is 59.9. The third kappa shape index (κ3) is 68.2. The molecule has 0 aromatic carbocycles. The minimum Gasteiger partial charge on any atom is -0.462 e. The summed E-state index contributed by atoms with van der Waals surface area (Å²) < 4.78 is 16.9. The van der Waals surface area contributed by atoms with Crippen LogP contribution in [-0.4, -0.2) is 37.2 Å². The lowest BCUT2D eigenvalue weighted by atomic mass is 10.0. The smallest absolute Gasteiger partial charge is 0.306 e. The molecule has 0 amide bonds. The number of hydrogen-bond donors (Lipinski definition) is 0. The van der Waals surface area contributed by atoms with Crippen LogP contribution in [0.15, 0.2) is 134 Å². The molecule has 0 radical (unpaired) electrons. The molecule has 0 saturated carbocycles. The van der Waals surface area contributed by atoms with Gasteiger partial charge in [-0.3, -0.25) is 14.4 Å². The van der Waals surface area contributed by atoms with Crippen LogP contribution in [0.2, 0.25) is 0 Å². The molecule has 6 heteroatoms. The van der Waals surface area contributed by atoms with Crippen LogP contribution in [-0.2, 0) is 28.6 Å². The monoisotopic (exact) mass is 1150 g/mol. The summed E-state index contributed by atoms with van der Waals surface area (Å²) in [7, 11) is 0. The lowest BCUT2D eigenvalue weighted by molar-refractivity contribution is -0.167. The minimum absolute atomic E-state index is 0.0976. The van der Waals surface area contributed by atoms with Gasteiger partial charge in [-0.25, -0.2) is 0 Å². The minimum atomic E-state index is -0.807. The van der Waals surface area contributed by atoms with Crippen molar-refractivity contribution in [3.05, 3.63) is 134 Å². The van der Waals surface area contributed by atoms with Crippen LogP contribution < -0.4 is 0 Å². The number of rotatable bonds is 62. The maximum absolute atomic E-state index is 12.9. The highest BCUT2D eigenvalue weighted by Crippen LogP contribution is 2.16. The lowest BCUT2D eigenvalue weighted by Gasteiger charge is -2.18. The number of hydrogen-bond acceptors (Lipinski definition) is 6. The number of carbonyl (C=O) groups excluding carboxylic acids is 3. The first kappa shape index (κ1) is 78.5. The summed E-state index contributed by atoms with van der Waals surface area (Å²) in [6, 6.07) is 0. The van der Waals surface area contributed by atoms with Gasteiger partial charge < -0.3 is 14.2 Å². The first-order valence-corrected chi connectivity index (χ1v) is 34.7. The number of allylic oxidation sites excluding steroid dienone is 22. The quantitative estimate of drug-likeness (QED) is 0.0261. The maximum Gasteiger partial charge on any atom is 0.306 e. The van der Waals surface area contributed by atoms with E-state index in [-0.39, 0.29) is 37.5 Å². The Morgan fingerprint density at radius 1 is 0.253 bits per heavy atom. The van der Waals surface area contributed by atoms with Crippen molar-refractivity contribution >= 4 is 17.9 Å². The van der Waals surface area contributed by atoms with Crippen LogP contribution in [0.4, 0.5) is 0 Å². The van der Waals surface area contributed by atoms with Crippen molar-refractivity contribution in [3.63, 3.8) is 0 Å². The van der Waals surface area contributed by atoms with E-state index in [1.54, 1.807) is 0 Å². The van der Waals surface area contributed by atoms with E-state index < -0.39 is 6.10 Å². The highest BCUT2D eigenvalue weighted by molar-refractivity contribution is 5.71. The van der Waals surface area contributed by atoms with Gasteiger partial charge in [-0.15, -0.1) is 0 Å². The van der Waals surface area contributed by atoms with Crippen LogP contribution >= 0.6 is 0 Å². The molecular weight excluding hydrogens is 1020 g/mol. The summed E-state index contributed by atoms with van der Waals surface area (Å²) in [4.78, 5) is 38.4. The van der Waals surface area contributed by atoms with Crippen LogP contribution in [0.25, 0.3) is 0 Å². The predicted molar refractivity (Wildman–Crippen MR) is 362 cm³/mol. The zero-order valence-electron chi connectivity index (χ0n) is 54.2. The summed E-state index contributed by atoms with van der Waals surface area (Å²) in [5, 5.41) is 0. The molecule has 0 aromatic heterocycles. The molecule has 6 nitrogen and oxygen atoms in total. The fourth-order valence-electron chi connectivity index (χ4n) is 9.49. The Hall–Kier alpha value is -4.45. The molecule has 472 valence electrons. The molecule has 0 N–H and O–H groups in total.